The predicted octanol–water partition coefficient (Wildman–Crippen LogP) is 4.42. The molecule has 7 heteroatoms. The van der Waals surface area contributed by atoms with Crippen LogP contribution in [0, 0.1) is 10.1 Å². The molecule has 2 N–H and O–H groups in total. The van der Waals surface area contributed by atoms with Gasteiger partial charge in [-0.1, -0.05) is 26.0 Å². The van der Waals surface area contributed by atoms with Crippen molar-refractivity contribution >= 4 is 23.0 Å². The van der Waals surface area contributed by atoms with Gasteiger partial charge in [0.1, 0.15) is 5.69 Å². The van der Waals surface area contributed by atoms with Crippen LogP contribution in [-0.2, 0) is 4.74 Å². The average molecular weight is 371 g/mol. The highest BCUT2D eigenvalue weighted by molar-refractivity contribution is 6.05. The minimum absolute atomic E-state index is 0.147. The van der Waals surface area contributed by atoms with Gasteiger partial charge in [-0.25, -0.2) is 0 Å². The third-order valence-corrected chi connectivity index (χ3v) is 4.43. The van der Waals surface area contributed by atoms with Gasteiger partial charge in [0.15, 0.2) is 0 Å². The van der Waals surface area contributed by atoms with Gasteiger partial charge in [-0.3, -0.25) is 14.9 Å². The van der Waals surface area contributed by atoms with Gasteiger partial charge < -0.3 is 15.4 Å². The molecular formula is C20H25N3O4. The molecule has 1 amide bonds. The molecule has 1 atom stereocenters. The number of nitrogens with zero attached hydrogens (tertiary/aromatic N) is 1. The number of ether oxygens (including phenoxy) is 1. The summed E-state index contributed by atoms with van der Waals surface area (Å²) in [5.74, 6) is 0.0633. The van der Waals surface area contributed by atoms with E-state index in [1.807, 2.05) is 24.3 Å². The van der Waals surface area contributed by atoms with Gasteiger partial charge in [0, 0.05) is 31.0 Å². The van der Waals surface area contributed by atoms with E-state index in [0.29, 0.717) is 30.4 Å². The predicted molar refractivity (Wildman–Crippen MR) is 107 cm³/mol. The van der Waals surface area contributed by atoms with E-state index < -0.39 is 10.8 Å². The summed E-state index contributed by atoms with van der Waals surface area (Å²) in [6.45, 7) is 5.13. The topological polar surface area (TPSA) is 93.5 Å². The number of carbonyl (C=O) groups is 1. The molecule has 0 heterocycles. The standard InChI is InChI=1S/C20H25N3O4/c1-4-14(2)15-5-8-17(9-6-15)22-20(24)16-7-10-18(21-11-12-27-3)19(13-16)23(25)26/h5-10,13-14,21H,4,11-12H2,1-3H3,(H,22,24). The van der Waals surface area contributed by atoms with Gasteiger partial charge in [-0.2, -0.15) is 0 Å². The van der Waals surface area contributed by atoms with E-state index in [4.69, 9.17) is 4.74 Å². The summed E-state index contributed by atoms with van der Waals surface area (Å²) in [7, 11) is 1.55. The average Bonchev–Trinajstić information content (AvgIpc) is 2.68. The molecule has 0 fully saturated rings. The Morgan fingerprint density at radius 2 is 1.93 bits per heavy atom. The molecule has 0 bridgehead atoms. The Labute approximate surface area is 158 Å². The summed E-state index contributed by atoms with van der Waals surface area (Å²) in [5, 5.41) is 17.0. The second-order valence-corrected chi connectivity index (χ2v) is 6.29. The van der Waals surface area contributed by atoms with Gasteiger partial charge in [0.05, 0.1) is 11.5 Å². The van der Waals surface area contributed by atoms with Gasteiger partial charge in [0.2, 0.25) is 0 Å². The van der Waals surface area contributed by atoms with Crippen LogP contribution >= 0.6 is 0 Å². The molecule has 0 aliphatic carbocycles. The Hall–Kier alpha value is -2.93. The van der Waals surface area contributed by atoms with Crippen molar-refractivity contribution in [3.63, 3.8) is 0 Å². The van der Waals surface area contributed by atoms with Gasteiger partial charge in [-0.05, 0) is 42.2 Å². The molecule has 0 aromatic heterocycles. The van der Waals surface area contributed by atoms with Crippen molar-refractivity contribution in [3.05, 3.63) is 63.7 Å². The molecule has 2 rings (SSSR count). The zero-order chi connectivity index (χ0) is 19.8. The lowest BCUT2D eigenvalue weighted by Crippen LogP contribution is -2.13. The maximum atomic E-state index is 12.5. The molecule has 0 spiro atoms. The highest BCUT2D eigenvalue weighted by atomic mass is 16.6. The molecule has 2 aromatic rings. The molecule has 0 aliphatic heterocycles. The first-order chi connectivity index (χ1) is 13.0. The highest BCUT2D eigenvalue weighted by Crippen LogP contribution is 2.26. The normalized spacial score (nSPS) is 11.7. The monoisotopic (exact) mass is 371 g/mol. The molecule has 1 unspecified atom stereocenters. The minimum atomic E-state index is -0.507. The summed E-state index contributed by atoms with van der Waals surface area (Å²) in [4.78, 5) is 23.3. The molecule has 144 valence electrons. The second-order valence-electron chi connectivity index (χ2n) is 6.29. The molecule has 7 nitrogen and oxygen atoms in total. The molecule has 2 aromatic carbocycles. The van der Waals surface area contributed by atoms with Crippen molar-refractivity contribution in [1.82, 2.24) is 0 Å². The van der Waals surface area contributed by atoms with Crippen molar-refractivity contribution < 1.29 is 14.5 Å². The lowest BCUT2D eigenvalue weighted by atomic mass is 9.98. The molecular weight excluding hydrogens is 346 g/mol. The van der Waals surface area contributed by atoms with Crippen LogP contribution in [0.2, 0.25) is 0 Å². The largest absolute Gasteiger partial charge is 0.383 e. The number of hydrogen-bond donors (Lipinski definition) is 2. The van der Waals surface area contributed by atoms with E-state index in [1.54, 1.807) is 13.2 Å². The van der Waals surface area contributed by atoms with Crippen LogP contribution < -0.4 is 10.6 Å². The van der Waals surface area contributed by atoms with E-state index >= 15 is 0 Å². The summed E-state index contributed by atoms with van der Waals surface area (Å²) in [5.41, 5.74) is 2.29. The first-order valence-corrected chi connectivity index (χ1v) is 8.88. The van der Waals surface area contributed by atoms with Crippen LogP contribution in [0.5, 0.6) is 0 Å². The second kappa shape index (κ2) is 9.68. The number of methoxy groups -OCH3 is 1. The Kier molecular flexibility index (Phi) is 7.31. The van der Waals surface area contributed by atoms with Crippen LogP contribution in [0.1, 0.15) is 42.1 Å². The van der Waals surface area contributed by atoms with Crippen LogP contribution in [0.25, 0.3) is 0 Å². The van der Waals surface area contributed by atoms with Gasteiger partial charge >= 0.3 is 0 Å². The van der Waals surface area contributed by atoms with Crippen molar-refractivity contribution in [2.75, 3.05) is 30.9 Å². The number of rotatable bonds is 9. The highest BCUT2D eigenvalue weighted by Gasteiger charge is 2.17. The fourth-order valence-corrected chi connectivity index (χ4v) is 2.60. The van der Waals surface area contributed by atoms with E-state index in [-0.39, 0.29) is 11.3 Å². The Morgan fingerprint density at radius 1 is 1.22 bits per heavy atom. The van der Waals surface area contributed by atoms with Crippen molar-refractivity contribution in [2.45, 2.75) is 26.2 Å². The summed E-state index contributed by atoms with van der Waals surface area (Å²) in [6, 6.07) is 12.0. The number of amides is 1. The van der Waals surface area contributed by atoms with Gasteiger partial charge in [-0.15, -0.1) is 0 Å². The van der Waals surface area contributed by atoms with Crippen LogP contribution in [0.4, 0.5) is 17.1 Å². The number of nitrogens with one attached hydrogen (secondary N) is 2. The summed E-state index contributed by atoms with van der Waals surface area (Å²) >= 11 is 0. The van der Waals surface area contributed by atoms with E-state index in [0.717, 1.165) is 6.42 Å². The minimum Gasteiger partial charge on any atom is -0.383 e. The molecule has 27 heavy (non-hydrogen) atoms. The maximum absolute atomic E-state index is 12.5. The Balaban J connectivity index is 2.13. The Morgan fingerprint density at radius 3 is 2.52 bits per heavy atom. The molecule has 0 aliphatic rings. The number of anilines is 2. The van der Waals surface area contributed by atoms with E-state index in [1.165, 1.54) is 17.7 Å². The number of carbonyl (C=O) groups excluding carboxylic acids is 1. The SMILES string of the molecule is CCC(C)c1ccc(NC(=O)c2ccc(NCCOC)c([N+](=O)[O-])c2)cc1. The fourth-order valence-electron chi connectivity index (χ4n) is 2.60. The lowest BCUT2D eigenvalue weighted by molar-refractivity contribution is -0.384. The van der Waals surface area contributed by atoms with Crippen LogP contribution in [-0.4, -0.2) is 31.1 Å². The zero-order valence-corrected chi connectivity index (χ0v) is 15.8. The number of benzene rings is 2. The van der Waals surface area contributed by atoms with E-state index in [9.17, 15) is 14.9 Å². The Bertz CT molecular complexity index is 790. The molecule has 0 saturated heterocycles. The third kappa shape index (κ3) is 5.52. The first kappa shape index (κ1) is 20.4. The lowest BCUT2D eigenvalue weighted by Gasteiger charge is -2.11. The van der Waals surface area contributed by atoms with Crippen LogP contribution in [0.3, 0.4) is 0 Å². The summed E-state index contributed by atoms with van der Waals surface area (Å²) < 4.78 is 4.93. The molecule has 0 radical (unpaired) electrons. The smallest absolute Gasteiger partial charge is 0.293 e. The fraction of sp³-hybridized carbons (Fsp3) is 0.350. The van der Waals surface area contributed by atoms with Crippen molar-refractivity contribution in [1.29, 1.82) is 0 Å². The van der Waals surface area contributed by atoms with Crippen molar-refractivity contribution in [3.8, 4) is 0 Å². The third-order valence-electron chi connectivity index (χ3n) is 4.43. The number of nitro benzene ring substituents is 1. The van der Waals surface area contributed by atoms with Gasteiger partial charge in [0.25, 0.3) is 11.6 Å². The van der Waals surface area contributed by atoms with Crippen molar-refractivity contribution in [2.24, 2.45) is 0 Å². The van der Waals surface area contributed by atoms with E-state index in [2.05, 4.69) is 24.5 Å². The zero-order valence-electron chi connectivity index (χ0n) is 15.8. The quantitative estimate of drug-likeness (QED) is 0.387. The molecule has 0 saturated carbocycles. The van der Waals surface area contributed by atoms with Crippen LogP contribution in [0.15, 0.2) is 42.5 Å². The maximum Gasteiger partial charge on any atom is 0.293 e. The number of nitro groups is 1. The number of hydrogen-bond acceptors (Lipinski definition) is 5. The summed E-state index contributed by atoms with van der Waals surface area (Å²) in [6.07, 6.45) is 1.04. The first-order valence-electron chi connectivity index (χ1n) is 8.88.